The summed E-state index contributed by atoms with van der Waals surface area (Å²) in [5, 5.41) is 0. The van der Waals surface area contributed by atoms with Gasteiger partial charge in [0, 0.05) is 13.1 Å². The van der Waals surface area contributed by atoms with Gasteiger partial charge in [-0.3, -0.25) is 4.79 Å². The molecule has 2 heterocycles. The molecule has 1 amide bonds. The van der Waals surface area contributed by atoms with Crippen LogP contribution in [0.3, 0.4) is 0 Å². The molecule has 2 N–H and O–H groups in total. The van der Waals surface area contributed by atoms with E-state index in [-0.39, 0.29) is 17.4 Å². The number of carbonyl (C=O) groups is 1. The van der Waals surface area contributed by atoms with Crippen molar-refractivity contribution in [3.8, 4) is 0 Å². The van der Waals surface area contributed by atoms with E-state index in [4.69, 9.17) is 10.5 Å². The Morgan fingerprint density at radius 3 is 2.70 bits per heavy atom. The maximum Gasteiger partial charge on any atom is 0.225 e. The van der Waals surface area contributed by atoms with Gasteiger partial charge in [0.2, 0.25) is 5.91 Å². The fourth-order valence-corrected chi connectivity index (χ4v) is 3.79. The summed E-state index contributed by atoms with van der Waals surface area (Å²) in [7, 11) is 0. The summed E-state index contributed by atoms with van der Waals surface area (Å²) in [6, 6.07) is 8.21. The Morgan fingerprint density at radius 2 is 2.00 bits per heavy atom. The standard InChI is InChI=1S/C19H28N2O2/c1-19(2,13-20)15-7-9-21(10-8-15)18(22)11-17-16-6-4-3-5-14(16)12-23-17/h3-6,15,17H,7-13,20H2,1-2H3. The zero-order valence-corrected chi connectivity index (χ0v) is 14.3. The van der Waals surface area contributed by atoms with Crippen LogP contribution in [0.2, 0.25) is 0 Å². The monoisotopic (exact) mass is 316 g/mol. The van der Waals surface area contributed by atoms with Gasteiger partial charge in [-0.25, -0.2) is 0 Å². The summed E-state index contributed by atoms with van der Waals surface area (Å²) in [5.41, 5.74) is 8.45. The summed E-state index contributed by atoms with van der Waals surface area (Å²) in [4.78, 5) is 14.6. The highest BCUT2D eigenvalue weighted by atomic mass is 16.5. The lowest BCUT2D eigenvalue weighted by Gasteiger charge is -2.40. The van der Waals surface area contributed by atoms with Gasteiger partial charge < -0.3 is 15.4 Å². The molecule has 2 aliphatic rings. The van der Waals surface area contributed by atoms with Crippen LogP contribution in [0.4, 0.5) is 0 Å². The molecule has 1 fully saturated rings. The van der Waals surface area contributed by atoms with Crippen molar-refractivity contribution in [3.05, 3.63) is 35.4 Å². The average molecular weight is 316 g/mol. The Bertz CT molecular complexity index is 562. The number of hydrogen-bond donors (Lipinski definition) is 1. The van der Waals surface area contributed by atoms with Crippen LogP contribution >= 0.6 is 0 Å². The van der Waals surface area contributed by atoms with Crippen molar-refractivity contribution < 1.29 is 9.53 Å². The third kappa shape index (κ3) is 3.43. The highest BCUT2D eigenvalue weighted by molar-refractivity contribution is 5.77. The smallest absolute Gasteiger partial charge is 0.225 e. The van der Waals surface area contributed by atoms with Gasteiger partial charge in [0.15, 0.2) is 0 Å². The van der Waals surface area contributed by atoms with Crippen molar-refractivity contribution >= 4 is 5.91 Å². The minimum atomic E-state index is -0.0723. The van der Waals surface area contributed by atoms with Crippen LogP contribution in [-0.2, 0) is 16.1 Å². The van der Waals surface area contributed by atoms with E-state index in [1.54, 1.807) is 0 Å². The van der Waals surface area contributed by atoms with Crippen molar-refractivity contribution in [1.29, 1.82) is 0 Å². The highest BCUT2D eigenvalue weighted by Gasteiger charge is 2.34. The van der Waals surface area contributed by atoms with E-state index in [0.717, 1.165) is 25.9 Å². The molecule has 1 aromatic carbocycles. The molecule has 1 aromatic rings. The lowest BCUT2D eigenvalue weighted by Crippen LogP contribution is -2.44. The van der Waals surface area contributed by atoms with Crippen LogP contribution in [0.1, 0.15) is 50.3 Å². The van der Waals surface area contributed by atoms with Gasteiger partial charge >= 0.3 is 0 Å². The largest absolute Gasteiger partial charge is 0.368 e. The number of likely N-dealkylation sites (tertiary alicyclic amines) is 1. The predicted octanol–water partition coefficient (Wildman–Crippen LogP) is 2.87. The molecule has 1 saturated heterocycles. The predicted molar refractivity (Wildman–Crippen MR) is 90.7 cm³/mol. The van der Waals surface area contributed by atoms with E-state index < -0.39 is 0 Å². The zero-order chi connectivity index (χ0) is 16.4. The molecule has 0 bridgehead atoms. The van der Waals surface area contributed by atoms with Gasteiger partial charge in [0.05, 0.1) is 19.1 Å². The summed E-state index contributed by atoms with van der Waals surface area (Å²) in [6.07, 6.45) is 2.50. The first-order valence-corrected chi connectivity index (χ1v) is 8.68. The first-order valence-electron chi connectivity index (χ1n) is 8.68. The van der Waals surface area contributed by atoms with Crippen molar-refractivity contribution in [3.63, 3.8) is 0 Å². The number of amides is 1. The topological polar surface area (TPSA) is 55.6 Å². The zero-order valence-electron chi connectivity index (χ0n) is 14.3. The van der Waals surface area contributed by atoms with Gasteiger partial charge in [0.25, 0.3) is 0 Å². The number of piperidine rings is 1. The van der Waals surface area contributed by atoms with Crippen LogP contribution in [-0.4, -0.2) is 30.4 Å². The van der Waals surface area contributed by atoms with Gasteiger partial charge in [0.1, 0.15) is 0 Å². The van der Waals surface area contributed by atoms with E-state index in [1.165, 1.54) is 11.1 Å². The second-order valence-electron chi connectivity index (χ2n) is 7.55. The number of rotatable bonds is 4. The summed E-state index contributed by atoms with van der Waals surface area (Å²) in [6.45, 7) is 7.50. The molecule has 0 aliphatic carbocycles. The summed E-state index contributed by atoms with van der Waals surface area (Å²) in [5.74, 6) is 0.829. The second-order valence-corrected chi connectivity index (χ2v) is 7.55. The fraction of sp³-hybridized carbons (Fsp3) is 0.632. The molecule has 126 valence electrons. The fourth-order valence-electron chi connectivity index (χ4n) is 3.79. The quantitative estimate of drug-likeness (QED) is 0.929. The number of carbonyl (C=O) groups excluding carboxylic acids is 1. The Kier molecular flexibility index (Phi) is 4.74. The molecule has 0 aromatic heterocycles. The van der Waals surface area contributed by atoms with E-state index in [9.17, 15) is 4.79 Å². The number of benzene rings is 1. The number of ether oxygens (including phenoxy) is 1. The molecular formula is C19H28N2O2. The van der Waals surface area contributed by atoms with Crippen molar-refractivity contribution in [1.82, 2.24) is 4.90 Å². The minimum Gasteiger partial charge on any atom is -0.368 e. The molecule has 0 saturated carbocycles. The molecule has 1 atom stereocenters. The highest BCUT2D eigenvalue weighted by Crippen LogP contribution is 2.36. The first-order chi connectivity index (χ1) is 11.0. The van der Waals surface area contributed by atoms with Gasteiger partial charge in [-0.05, 0) is 41.8 Å². The lowest BCUT2D eigenvalue weighted by atomic mass is 9.74. The Balaban J connectivity index is 1.55. The number of nitrogens with two attached hydrogens (primary N) is 1. The van der Waals surface area contributed by atoms with Crippen molar-refractivity contribution in [2.45, 2.75) is 45.8 Å². The summed E-state index contributed by atoms with van der Waals surface area (Å²) >= 11 is 0. The van der Waals surface area contributed by atoms with E-state index in [2.05, 4.69) is 26.0 Å². The van der Waals surface area contributed by atoms with E-state index in [1.807, 2.05) is 17.0 Å². The normalized spacial score (nSPS) is 22.2. The molecule has 3 rings (SSSR count). The Labute approximate surface area is 139 Å². The average Bonchev–Trinajstić information content (AvgIpc) is 2.98. The molecule has 0 radical (unpaired) electrons. The Morgan fingerprint density at radius 1 is 1.30 bits per heavy atom. The Hall–Kier alpha value is -1.39. The number of hydrogen-bond acceptors (Lipinski definition) is 3. The van der Waals surface area contributed by atoms with Crippen LogP contribution < -0.4 is 5.73 Å². The first kappa shape index (κ1) is 16.5. The van der Waals surface area contributed by atoms with Gasteiger partial charge in [-0.15, -0.1) is 0 Å². The van der Waals surface area contributed by atoms with Crippen LogP contribution in [0.15, 0.2) is 24.3 Å². The van der Waals surface area contributed by atoms with Crippen molar-refractivity contribution in [2.75, 3.05) is 19.6 Å². The molecule has 2 aliphatic heterocycles. The van der Waals surface area contributed by atoms with Gasteiger partial charge in [-0.2, -0.15) is 0 Å². The van der Waals surface area contributed by atoms with Crippen molar-refractivity contribution in [2.24, 2.45) is 17.1 Å². The number of fused-ring (bicyclic) bond motifs is 1. The third-order valence-corrected chi connectivity index (χ3v) is 5.68. The second kappa shape index (κ2) is 6.62. The van der Waals surface area contributed by atoms with Gasteiger partial charge in [-0.1, -0.05) is 38.1 Å². The van der Waals surface area contributed by atoms with E-state index >= 15 is 0 Å². The lowest BCUT2D eigenvalue weighted by molar-refractivity contribution is -0.136. The SMILES string of the molecule is CC(C)(CN)C1CCN(C(=O)CC2OCc3ccccc32)CC1. The summed E-state index contributed by atoms with van der Waals surface area (Å²) < 4.78 is 5.81. The number of nitrogens with zero attached hydrogens (tertiary/aromatic N) is 1. The molecule has 0 spiro atoms. The van der Waals surface area contributed by atoms with Crippen LogP contribution in [0.5, 0.6) is 0 Å². The molecule has 23 heavy (non-hydrogen) atoms. The maximum atomic E-state index is 12.6. The molecule has 1 unspecified atom stereocenters. The molecule has 4 nitrogen and oxygen atoms in total. The van der Waals surface area contributed by atoms with E-state index in [0.29, 0.717) is 25.5 Å². The van der Waals surface area contributed by atoms with Crippen LogP contribution in [0.25, 0.3) is 0 Å². The maximum absolute atomic E-state index is 12.6. The third-order valence-electron chi connectivity index (χ3n) is 5.68. The molecule has 4 heteroatoms. The minimum absolute atomic E-state index is 0.0723. The van der Waals surface area contributed by atoms with Crippen LogP contribution in [0, 0.1) is 11.3 Å². The molecular weight excluding hydrogens is 288 g/mol.